The molecule has 0 saturated heterocycles. The van der Waals surface area contributed by atoms with Gasteiger partial charge in [-0.1, -0.05) is 38.6 Å². The maximum Gasteiger partial charge on any atom is 2.00 e. The summed E-state index contributed by atoms with van der Waals surface area (Å²) >= 11 is 0. The Labute approximate surface area is 192 Å². The normalized spacial score (nSPS) is 19.1. The maximum atomic E-state index is 13.4. The number of amides is 1. The van der Waals surface area contributed by atoms with Crippen molar-refractivity contribution < 1.29 is 15.8 Å². The average Bonchev–Trinajstić information content (AvgIpc) is 3.51. The number of hydrogen-bond acceptors (Lipinski definition) is 3. The van der Waals surface area contributed by atoms with E-state index in [2.05, 4.69) is 52.1 Å². The third-order valence-corrected chi connectivity index (χ3v) is 11.4. The monoisotopic (exact) mass is 432 g/mol. The van der Waals surface area contributed by atoms with E-state index in [1.54, 1.807) is 0 Å². The summed E-state index contributed by atoms with van der Waals surface area (Å²) in [4.78, 5) is 14.9. The first-order valence-electron chi connectivity index (χ1n) is 10.9. The summed E-state index contributed by atoms with van der Waals surface area (Å²) in [5.74, 6) is 0.475. The van der Waals surface area contributed by atoms with Crippen LogP contribution in [-0.4, -0.2) is 35.7 Å². The number of carbonyl (C=O) groups is 1. The second kappa shape index (κ2) is 8.63. The molecule has 2 aliphatic rings. The molecule has 4 rings (SSSR count). The molecule has 1 N–H and O–H groups in total. The molecule has 31 heavy (non-hydrogen) atoms. The van der Waals surface area contributed by atoms with Gasteiger partial charge >= 0.3 is 10.1 Å². The summed E-state index contributed by atoms with van der Waals surface area (Å²) in [6.45, 7) is 11.4. The van der Waals surface area contributed by atoms with Crippen molar-refractivity contribution in [2.24, 2.45) is 0 Å². The van der Waals surface area contributed by atoms with Gasteiger partial charge in [-0.25, -0.2) is 0 Å². The molecule has 0 aromatic heterocycles. The van der Waals surface area contributed by atoms with Gasteiger partial charge in [0, 0.05) is 18.6 Å². The van der Waals surface area contributed by atoms with Crippen molar-refractivity contribution in [2.75, 3.05) is 4.90 Å². The van der Waals surface area contributed by atoms with Crippen LogP contribution in [0.3, 0.4) is 0 Å². The second-order valence-corrected chi connectivity index (χ2v) is 14.9. The molecule has 1 saturated carbocycles. The number of anilines is 1. The minimum Gasteiger partial charge on any atom is -1.00 e. The number of nitrogens with zero attached hydrogens (tertiary/aromatic N) is 1. The Morgan fingerprint density at radius 2 is 1.97 bits per heavy atom. The Hall–Kier alpha value is -1.78. The van der Waals surface area contributed by atoms with Crippen molar-refractivity contribution in [2.45, 2.75) is 76.9 Å². The van der Waals surface area contributed by atoms with E-state index in [4.69, 9.17) is 4.43 Å². The Kier molecular flexibility index (Phi) is 6.64. The van der Waals surface area contributed by atoms with Crippen LogP contribution in [0.1, 0.15) is 68.0 Å². The van der Waals surface area contributed by atoms with Crippen LogP contribution in [0.15, 0.2) is 36.4 Å². The van der Waals surface area contributed by atoms with E-state index >= 15 is 0 Å². The zero-order chi connectivity index (χ0) is 21.7. The van der Waals surface area contributed by atoms with E-state index in [1.807, 2.05) is 24.3 Å². The smallest absolute Gasteiger partial charge is 1.00 e. The molecule has 162 valence electrons. The van der Waals surface area contributed by atoms with Crippen LogP contribution in [0.5, 0.6) is 0 Å². The Bertz CT molecular complexity index is 972. The van der Waals surface area contributed by atoms with Gasteiger partial charge in [0.05, 0.1) is 0 Å². The number of aliphatic hydroxyl groups excluding tert-OH is 1. The van der Waals surface area contributed by atoms with Gasteiger partial charge in [-0.3, -0.25) is 4.79 Å². The van der Waals surface area contributed by atoms with Gasteiger partial charge in [-0.05, 0) is 54.1 Å². The summed E-state index contributed by atoms with van der Waals surface area (Å²) < 4.78 is 6.39. The summed E-state index contributed by atoms with van der Waals surface area (Å²) in [6.07, 6.45) is 2.00. The van der Waals surface area contributed by atoms with Crippen LogP contribution in [0, 0.1) is 6.07 Å². The number of aliphatic hydroxyl groups is 1. The molecule has 1 fully saturated rings. The molecule has 1 aliphatic carbocycles. The molecular weight excluding hydrogens is 399 g/mol. The molecule has 1 atom stereocenters. The van der Waals surface area contributed by atoms with E-state index in [0.29, 0.717) is 30.2 Å². The predicted octanol–water partition coefficient (Wildman–Crippen LogP) is 5.14. The van der Waals surface area contributed by atoms with Crippen LogP contribution < -0.4 is 4.90 Å². The Balaban J connectivity index is 0.00000181. The first-order valence-corrected chi connectivity index (χ1v) is 13.8. The van der Waals surface area contributed by atoms with Crippen LogP contribution in [0.4, 0.5) is 5.69 Å². The summed E-state index contributed by atoms with van der Waals surface area (Å²) in [5.41, 5.74) is 4.43. The third kappa shape index (κ3) is 4.70. The predicted molar refractivity (Wildman–Crippen MR) is 129 cm³/mol. The van der Waals surface area contributed by atoms with E-state index in [-0.39, 0.29) is 22.5 Å². The number of carbonyl (C=O) groups excluding carboxylic acids is 1. The first-order chi connectivity index (χ1) is 14.1. The van der Waals surface area contributed by atoms with Crippen LogP contribution >= 0.6 is 0 Å². The largest absolute Gasteiger partial charge is 2.00 e. The molecule has 6 heteroatoms. The number of rotatable bonds is 5. The van der Waals surface area contributed by atoms with Crippen LogP contribution in [0.25, 0.3) is 0 Å². The van der Waals surface area contributed by atoms with Crippen molar-refractivity contribution in [3.8, 4) is 0 Å². The van der Waals surface area contributed by atoms with Gasteiger partial charge in [-0.2, -0.15) is 18.2 Å². The Morgan fingerprint density at radius 1 is 1.26 bits per heavy atom. The van der Waals surface area contributed by atoms with Crippen LogP contribution in [0.2, 0.25) is 18.1 Å². The van der Waals surface area contributed by atoms with E-state index in [0.717, 1.165) is 11.1 Å². The Morgan fingerprint density at radius 3 is 2.61 bits per heavy atom. The van der Waals surface area contributed by atoms with E-state index in [9.17, 15) is 9.90 Å². The second-order valence-electron chi connectivity index (χ2n) is 10.1. The molecule has 2 aromatic rings. The fraction of sp³-hybridized carbons (Fsp3) is 0.480. The third-order valence-electron chi connectivity index (χ3n) is 6.89. The fourth-order valence-electron chi connectivity index (χ4n) is 3.76. The maximum absolute atomic E-state index is 13.4. The van der Waals surface area contributed by atoms with Crippen molar-refractivity contribution in [1.82, 2.24) is 0 Å². The van der Waals surface area contributed by atoms with Crippen molar-refractivity contribution >= 4 is 30.0 Å². The van der Waals surface area contributed by atoms with Gasteiger partial charge in [-0.15, -0.1) is 11.6 Å². The topological polar surface area (TPSA) is 49.8 Å². The average molecular weight is 433 g/mol. The molecule has 4 nitrogen and oxygen atoms in total. The van der Waals surface area contributed by atoms with Gasteiger partial charge in [0.25, 0.3) is 0 Å². The van der Waals surface area contributed by atoms with Gasteiger partial charge < -0.3 is 15.9 Å². The molecular formula is C25H33BeNO3Si. The van der Waals surface area contributed by atoms with Crippen molar-refractivity contribution in [3.05, 3.63) is 64.7 Å². The summed E-state index contributed by atoms with van der Waals surface area (Å²) in [6, 6.07) is 14.9. The molecule has 0 spiro atoms. The first kappa shape index (κ1) is 23.9. The number of fused-ring (bicyclic) bond motifs is 1. The summed E-state index contributed by atoms with van der Waals surface area (Å²) in [7, 11) is -1.95. The molecule has 1 aliphatic heterocycles. The molecule has 1 heterocycles. The minimum atomic E-state index is -1.95. The zero-order valence-electron chi connectivity index (χ0n) is 20.4. The quantitative estimate of drug-likeness (QED) is 0.526. The van der Waals surface area contributed by atoms with Gasteiger partial charge in [0.1, 0.15) is 6.23 Å². The molecule has 2 aromatic carbocycles. The minimum absolute atomic E-state index is 0. The van der Waals surface area contributed by atoms with E-state index < -0.39 is 14.5 Å². The van der Waals surface area contributed by atoms with Crippen molar-refractivity contribution in [3.63, 3.8) is 0 Å². The van der Waals surface area contributed by atoms with Crippen molar-refractivity contribution in [1.29, 1.82) is 0 Å². The molecule has 1 unspecified atom stereocenters. The number of benzene rings is 2. The van der Waals surface area contributed by atoms with Gasteiger partial charge in [0.15, 0.2) is 8.32 Å². The van der Waals surface area contributed by atoms with E-state index in [1.165, 1.54) is 23.3 Å². The molecule has 0 radical (unpaired) electrons. The molecule has 1 amide bonds. The van der Waals surface area contributed by atoms with Gasteiger partial charge in [0.2, 0.25) is 5.91 Å². The molecule has 0 bridgehead atoms. The number of hydrogen-bond donors (Lipinski definition) is 1. The fourth-order valence-corrected chi connectivity index (χ4v) is 4.70. The standard InChI is InChI=1S/C25H32NO3Si.Be.H/c1-25(2,3)30(4,5)29-16-19-8-6-7-9-22(19)26-23(27)15-20-14-18(17-10-11-17)12-13-21(20)24(26)28;;/h6-7,9,12-14,17,23,27H,10-11,15-16H2,1-5H3;;/q-1;+2;-1. The summed E-state index contributed by atoms with van der Waals surface area (Å²) in [5, 5.41) is 11.0. The zero-order valence-corrected chi connectivity index (χ0v) is 20.4. The SMILES string of the molecule is CC(C)(C)[Si](C)(C)OCc1[c-]cccc1N1C(=O)c2ccc(C3CC3)cc2CC1O.[Be+2].[H-]. The van der Waals surface area contributed by atoms with Crippen LogP contribution in [-0.2, 0) is 17.5 Å².